The van der Waals surface area contributed by atoms with E-state index in [4.69, 9.17) is 11.0 Å². The maximum atomic E-state index is 13.8. The van der Waals surface area contributed by atoms with Crippen LogP contribution in [-0.2, 0) is 5.54 Å². The third-order valence-electron chi connectivity index (χ3n) is 5.95. The lowest BCUT2D eigenvalue weighted by Gasteiger charge is -2.59. The Kier molecular flexibility index (Phi) is 5.33. The summed E-state index contributed by atoms with van der Waals surface area (Å²) >= 11 is 0. The average molecular weight is 395 g/mol. The number of carbonyl (C=O) groups excluding carboxylic acids is 1. The highest BCUT2D eigenvalue weighted by Gasteiger charge is 2.55. The van der Waals surface area contributed by atoms with Gasteiger partial charge in [0.15, 0.2) is 0 Å². The van der Waals surface area contributed by atoms with E-state index in [2.05, 4.69) is 16.8 Å². The van der Waals surface area contributed by atoms with Crippen molar-refractivity contribution < 1.29 is 9.18 Å². The molecule has 3 rings (SSSR count). The number of aromatic nitrogens is 1. The van der Waals surface area contributed by atoms with Crippen LogP contribution in [0.2, 0.25) is 0 Å². The Balaban J connectivity index is 1.87. The summed E-state index contributed by atoms with van der Waals surface area (Å²) in [7, 11) is 3.98. The first-order valence-corrected chi connectivity index (χ1v) is 9.47. The molecule has 0 unspecified atom stereocenters. The fourth-order valence-electron chi connectivity index (χ4n) is 4.58. The van der Waals surface area contributed by atoms with E-state index in [9.17, 15) is 9.18 Å². The molecular formula is C22H26FN5O. The normalized spacial score (nSPS) is 23.3. The minimum atomic E-state index is -0.561. The molecule has 1 heterocycles. The number of hydrogen-bond acceptors (Lipinski definition) is 4. The van der Waals surface area contributed by atoms with Gasteiger partial charge in [-0.15, -0.1) is 0 Å². The summed E-state index contributed by atoms with van der Waals surface area (Å²) in [4.78, 5) is 20.0. The number of anilines is 1. The molecule has 1 aromatic heterocycles. The van der Waals surface area contributed by atoms with E-state index in [0.717, 1.165) is 24.0 Å². The fraction of sp³-hybridized carbons (Fsp3) is 0.409. The third-order valence-corrected chi connectivity index (χ3v) is 5.95. The van der Waals surface area contributed by atoms with Crippen LogP contribution in [0.5, 0.6) is 0 Å². The molecule has 1 aromatic carbocycles. The van der Waals surface area contributed by atoms with Gasteiger partial charge >= 0.3 is 6.03 Å². The fourth-order valence-corrected chi connectivity index (χ4v) is 4.58. The topological polar surface area (TPSA) is 86.2 Å². The highest BCUT2D eigenvalue weighted by molar-refractivity contribution is 5.91. The molecule has 0 aliphatic heterocycles. The SMILES string of the molecule is Cc1cc(C#N)ncc1N(CC1(C)CC(c2cccc(F)c2)(N(C)C)C1)C(N)=O. The molecule has 0 saturated heterocycles. The van der Waals surface area contributed by atoms with Crippen LogP contribution in [0, 0.1) is 29.5 Å². The molecule has 0 bridgehead atoms. The number of aryl methyl sites for hydroxylation is 1. The zero-order valence-electron chi connectivity index (χ0n) is 17.2. The highest BCUT2D eigenvalue weighted by atomic mass is 19.1. The predicted octanol–water partition coefficient (Wildman–Crippen LogP) is 3.54. The van der Waals surface area contributed by atoms with Crippen molar-refractivity contribution in [3.8, 4) is 6.07 Å². The van der Waals surface area contributed by atoms with E-state index >= 15 is 0 Å². The van der Waals surface area contributed by atoms with Crippen LogP contribution in [0.1, 0.15) is 36.6 Å². The van der Waals surface area contributed by atoms with E-state index < -0.39 is 6.03 Å². The lowest BCUT2D eigenvalue weighted by Crippen LogP contribution is -2.60. The smallest absolute Gasteiger partial charge is 0.319 e. The number of pyridine rings is 1. The molecule has 29 heavy (non-hydrogen) atoms. The van der Waals surface area contributed by atoms with Gasteiger partial charge in [-0.3, -0.25) is 9.80 Å². The van der Waals surface area contributed by atoms with Gasteiger partial charge in [-0.1, -0.05) is 19.1 Å². The van der Waals surface area contributed by atoms with Crippen molar-refractivity contribution in [2.45, 2.75) is 32.2 Å². The summed E-state index contributed by atoms with van der Waals surface area (Å²) in [6.07, 6.45) is 3.03. The molecule has 1 aliphatic carbocycles. The number of hydrogen-bond donors (Lipinski definition) is 1. The van der Waals surface area contributed by atoms with Crippen LogP contribution >= 0.6 is 0 Å². The van der Waals surface area contributed by atoms with Crippen LogP contribution in [0.4, 0.5) is 14.9 Å². The average Bonchev–Trinajstić information content (AvgIpc) is 2.63. The molecule has 0 spiro atoms. The van der Waals surface area contributed by atoms with Crippen LogP contribution in [0.25, 0.3) is 0 Å². The second kappa shape index (κ2) is 7.45. The first-order chi connectivity index (χ1) is 13.6. The van der Waals surface area contributed by atoms with Gasteiger partial charge < -0.3 is 5.73 Å². The molecule has 2 aromatic rings. The number of nitrogens with zero attached hydrogens (tertiary/aromatic N) is 4. The van der Waals surface area contributed by atoms with E-state index in [1.165, 1.54) is 17.2 Å². The van der Waals surface area contributed by atoms with Crippen molar-refractivity contribution in [1.82, 2.24) is 9.88 Å². The summed E-state index contributed by atoms with van der Waals surface area (Å²) in [6.45, 7) is 4.35. The zero-order chi connectivity index (χ0) is 21.4. The van der Waals surface area contributed by atoms with Crippen molar-refractivity contribution >= 4 is 11.7 Å². The molecule has 152 valence electrons. The Bertz CT molecular complexity index is 975. The van der Waals surface area contributed by atoms with Gasteiger partial charge in [0, 0.05) is 12.1 Å². The molecule has 6 nitrogen and oxygen atoms in total. The Morgan fingerprint density at radius 2 is 2.03 bits per heavy atom. The molecule has 7 heteroatoms. The number of primary amides is 1. The van der Waals surface area contributed by atoms with Crippen LogP contribution < -0.4 is 10.6 Å². The number of urea groups is 1. The van der Waals surface area contributed by atoms with Gasteiger partial charge in [-0.25, -0.2) is 14.2 Å². The second-order valence-corrected chi connectivity index (χ2v) is 8.49. The molecule has 1 saturated carbocycles. The van der Waals surface area contributed by atoms with Gasteiger partial charge in [0.05, 0.1) is 11.9 Å². The Morgan fingerprint density at radius 1 is 1.34 bits per heavy atom. The summed E-state index contributed by atoms with van der Waals surface area (Å²) in [5.74, 6) is -0.254. The molecule has 0 radical (unpaired) electrons. The molecule has 1 fully saturated rings. The lowest BCUT2D eigenvalue weighted by atomic mass is 9.55. The second-order valence-electron chi connectivity index (χ2n) is 8.49. The zero-order valence-corrected chi connectivity index (χ0v) is 17.2. The number of benzene rings is 1. The first kappa shape index (κ1) is 20.7. The minimum absolute atomic E-state index is 0.202. The van der Waals surface area contributed by atoms with Crippen LogP contribution in [0.15, 0.2) is 36.5 Å². The summed E-state index contributed by atoms with van der Waals surface area (Å²) in [6, 6.07) is 9.79. The van der Waals surface area contributed by atoms with Crippen molar-refractivity contribution in [3.63, 3.8) is 0 Å². The largest absolute Gasteiger partial charge is 0.351 e. The molecule has 1 aliphatic rings. The number of halogens is 1. The van der Waals surface area contributed by atoms with Crippen molar-refractivity contribution in [2.24, 2.45) is 11.1 Å². The quantitative estimate of drug-likeness (QED) is 0.839. The monoisotopic (exact) mass is 395 g/mol. The summed E-state index contributed by atoms with van der Waals surface area (Å²) in [5, 5.41) is 9.02. The molecule has 0 atom stereocenters. The Morgan fingerprint density at radius 3 is 2.55 bits per heavy atom. The van der Waals surface area contributed by atoms with Gasteiger partial charge in [0.25, 0.3) is 0 Å². The Labute approximate surface area is 170 Å². The summed E-state index contributed by atoms with van der Waals surface area (Å²) < 4.78 is 13.8. The van der Waals surface area contributed by atoms with Gasteiger partial charge in [0.2, 0.25) is 0 Å². The van der Waals surface area contributed by atoms with E-state index in [1.807, 2.05) is 33.2 Å². The van der Waals surface area contributed by atoms with Crippen LogP contribution in [-0.4, -0.2) is 36.6 Å². The number of amides is 2. The van der Waals surface area contributed by atoms with Crippen LogP contribution in [0.3, 0.4) is 0 Å². The maximum Gasteiger partial charge on any atom is 0.319 e. The first-order valence-electron chi connectivity index (χ1n) is 9.47. The lowest BCUT2D eigenvalue weighted by molar-refractivity contribution is -0.0532. The maximum absolute atomic E-state index is 13.8. The molecule has 2 amide bonds. The number of rotatable bonds is 5. The van der Waals surface area contributed by atoms with Crippen molar-refractivity contribution in [3.05, 3.63) is 59.2 Å². The number of nitriles is 1. The van der Waals surface area contributed by atoms with E-state index in [-0.39, 0.29) is 16.8 Å². The minimum Gasteiger partial charge on any atom is -0.351 e. The van der Waals surface area contributed by atoms with E-state index in [1.54, 1.807) is 18.2 Å². The third kappa shape index (κ3) is 3.81. The standard InChI is InChI=1S/C22H26FN5O/c1-15-8-18(10-24)26-11-19(15)28(20(25)29)14-21(2)12-22(13-21,27(3)4)16-6-5-7-17(23)9-16/h5-9,11H,12-14H2,1-4H3,(H2,25,29). The molecular weight excluding hydrogens is 369 g/mol. The predicted molar refractivity (Wildman–Crippen MR) is 110 cm³/mol. The summed E-state index contributed by atoms with van der Waals surface area (Å²) in [5.41, 5.74) is 7.79. The van der Waals surface area contributed by atoms with Crippen molar-refractivity contribution in [2.75, 3.05) is 25.5 Å². The van der Waals surface area contributed by atoms with Gasteiger partial charge in [-0.2, -0.15) is 5.26 Å². The van der Waals surface area contributed by atoms with E-state index in [0.29, 0.717) is 17.9 Å². The van der Waals surface area contributed by atoms with Gasteiger partial charge in [-0.05, 0) is 68.6 Å². The molecule has 2 N–H and O–H groups in total. The van der Waals surface area contributed by atoms with Gasteiger partial charge in [0.1, 0.15) is 17.6 Å². The number of carbonyl (C=O) groups is 1. The number of nitrogens with two attached hydrogens (primary N) is 1. The Hall–Kier alpha value is -2.98. The highest BCUT2D eigenvalue weighted by Crippen LogP contribution is 2.57. The van der Waals surface area contributed by atoms with Crippen molar-refractivity contribution in [1.29, 1.82) is 5.26 Å².